The molecule has 3 aromatic rings. The lowest BCUT2D eigenvalue weighted by Gasteiger charge is -2.32. The summed E-state index contributed by atoms with van der Waals surface area (Å²) in [5.74, 6) is 0.363. The van der Waals surface area contributed by atoms with Crippen LogP contribution in [-0.4, -0.2) is 50.0 Å². The lowest BCUT2D eigenvalue weighted by Crippen LogP contribution is -2.52. The molecule has 0 aromatic heterocycles. The van der Waals surface area contributed by atoms with Gasteiger partial charge in [-0.25, -0.2) is 8.42 Å². The van der Waals surface area contributed by atoms with E-state index >= 15 is 0 Å². The summed E-state index contributed by atoms with van der Waals surface area (Å²) in [6, 6.07) is 22.2. The molecule has 0 aliphatic heterocycles. The van der Waals surface area contributed by atoms with Crippen LogP contribution in [-0.2, 0) is 26.2 Å². The highest BCUT2D eigenvalue weighted by molar-refractivity contribution is 9.10. The summed E-state index contributed by atoms with van der Waals surface area (Å²) in [5.41, 5.74) is 1.11. The maximum absolute atomic E-state index is 13.7. The molecule has 2 amide bonds. The number of hydrogen-bond acceptors (Lipinski definition) is 5. The molecule has 0 spiro atoms. The van der Waals surface area contributed by atoms with Crippen LogP contribution in [0.1, 0.15) is 32.8 Å². The molecule has 0 fully saturated rings. The summed E-state index contributed by atoms with van der Waals surface area (Å²) in [7, 11) is -3.83. The van der Waals surface area contributed by atoms with Gasteiger partial charge in [0.15, 0.2) is 0 Å². The Labute approximate surface area is 239 Å². The van der Waals surface area contributed by atoms with E-state index in [0.29, 0.717) is 17.2 Å². The van der Waals surface area contributed by atoms with Gasteiger partial charge in [0, 0.05) is 17.1 Å². The van der Waals surface area contributed by atoms with Crippen molar-refractivity contribution in [2.24, 2.45) is 0 Å². The zero-order valence-corrected chi connectivity index (χ0v) is 24.9. The first-order valence-electron chi connectivity index (χ1n) is 12.6. The summed E-state index contributed by atoms with van der Waals surface area (Å²) in [6.45, 7) is 5.16. The molecule has 0 bridgehead atoms. The van der Waals surface area contributed by atoms with Gasteiger partial charge in [-0.1, -0.05) is 53.2 Å². The highest BCUT2D eigenvalue weighted by Crippen LogP contribution is 2.26. The molecule has 0 radical (unpaired) electrons. The monoisotopic (exact) mass is 615 g/mol. The van der Waals surface area contributed by atoms with E-state index < -0.39 is 28.5 Å². The van der Waals surface area contributed by atoms with Crippen molar-refractivity contribution in [3.05, 3.63) is 88.9 Å². The molecular formula is C29H34BrN3O5S. The molecule has 208 valence electrons. The molecule has 1 N–H and O–H groups in total. The third-order valence-corrected chi connectivity index (χ3v) is 7.83. The minimum absolute atomic E-state index is 0.0630. The Morgan fingerprint density at radius 1 is 0.949 bits per heavy atom. The molecule has 8 nitrogen and oxygen atoms in total. The molecule has 2 atom stereocenters. The fraction of sp³-hybridized carbons (Fsp3) is 0.310. The SMILES string of the molecule is CC[C@@H](C)NC(=O)[C@@H](C)N(Cc1cccc(Br)c1)C(=O)CN(c1ccc(Oc2ccccc2)cc1)S(C)(=O)=O. The molecule has 0 aliphatic rings. The molecule has 0 saturated carbocycles. The van der Waals surface area contributed by atoms with Crippen molar-refractivity contribution in [1.29, 1.82) is 0 Å². The lowest BCUT2D eigenvalue weighted by atomic mass is 10.1. The van der Waals surface area contributed by atoms with E-state index in [2.05, 4.69) is 21.2 Å². The predicted octanol–water partition coefficient (Wildman–Crippen LogP) is 5.34. The number of para-hydroxylation sites is 1. The van der Waals surface area contributed by atoms with E-state index in [4.69, 9.17) is 4.74 Å². The fourth-order valence-electron chi connectivity index (χ4n) is 3.80. The third kappa shape index (κ3) is 8.83. The van der Waals surface area contributed by atoms with Crippen molar-refractivity contribution >= 4 is 43.5 Å². The Hall–Kier alpha value is -3.37. The van der Waals surface area contributed by atoms with Crippen molar-refractivity contribution < 1.29 is 22.7 Å². The molecule has 0 unspecified atom stereocenters. The van der Waals surface area contributed by atoms with Crippen LogP contribution < -0.4 is 14.4 Å². The number of carbonyl (C=O) groups excluding carboxylic acids is 2. The number of benzene rings is 3. The quantitative estimate of drug-likeness (QED) is 0.297. The van der Waals surface area contributed by atoms with E-state index in [9.17, 15) is 18.0 Å². The van der Waals surface area contributed by atoms with E-state index in [1.807, 2.05) is 68.4 Å². The third-order valence-electron chi connectivity index (χ3n) is 6.19. The first-order valence-corrected chi connectivity index (χ1v) is 15.3. The minimum Gasteiger partial charge on any atom is -0.457 e. The Balaban J connectivity index is 1.86. The summed E-state index contributed by atoms with van der Waals surface area (Å²) in [6.07, 6.45) is 1.79. The van der Waals surface area contributed by atoms with Gasteiger partial charge in [-0.15, -0.1) is 0 Å². The highest BCUT2D eigenvalue weighted by atomic mass is 79.9. The number of nitrogens with one attached hydrogen (secondary N) is 1. The molecule has 0 aliphatic carbocycles. The standard InChI is InChI=1S/C29H34BrN3O5S/c1-5-21(2)31-29(35)22(3)32(19-23-10-9-11-24(30)18-23)28(34)20-33(39(4,36)37)25-14-16-27(17-15-25)38-26-12-7-6-8-13-26/h6-18,21-22H,5,19-20H2,1-4H3,(H,31,35)/t21-,22-/m1/s1. The minimum atomic E-state index is -3.83. The van der Waals surface area contributed by atoms with Gasteiger partial charge < -0.3 is 15.0 Å². The van der Waals surface area contributed by atoms with Crippen molar-refractivity contribution in [2.45, 2.75) is 45.8 Å². The van der Waals surface area contributed by atoms with Gasteiger partial charge in [0.2, 0.25) is 21.8 Å². The topological polar surface area (TPSA) is 96.0 Å². The second kappa shape index (κ2) is 13.6. The molecule has 0 heterocycles. The molecule has 3 aromatic carbocycles. The Bertz CT molecular complexity index is 1370. The van der Waals surface area contributed by atoms with Gasteiger partial charge in [-0.3, -0.25) is 13.9 Å². The van der Waals surface area contributed by atoms with E-state index in [-0.39, 0.29) is 18.5 Å². The maximum Gasteiger partial charge on any atom is 0.244 e. The first kappa shape index (κ1) is 30.2. The predicted molar refractivity (Wildman–Crippen MR) is 157 cm³/mol. The molecular weight excluding hydrogens is 582 g/mol. The number of nitrogens with zero attached hydrogens (tertiary/aromatic N) is 2. The van der Waals surface area contributed by atoms with Gasteiger partial charge in [0.1, 0.15) is 24.1 Å². The van der Waals surface area contributed by atoms with Gasteiger partial charge in [0.25, 0.3) is 0 Å². The van der Waals surface area contributed by atoms with Crippen molar-refractivity contribution in [2.75, 3.05) is 17.1 Å². The molecule has 10 heteroatoms. The first-order chi connectivity index (χ1) is 18.5. The Morgan fingerprint density at radius 3 is 2.18 bits per heavy atom. The number of hydrogen-bond donors (Lipinski definition) is 1. The molecule has 3 rings (SSSR count). The molecule has 39 heavy (non-hydrogen) atoms. The molecule has 0 saturated heterocycles. The van der Waals surface area contributed by atoms with Crippen molar-refractivity contribution in [1.82, 2.24) is 10.2 Å². The average molecular weight is 617 g/mol. The number of amides is 2. The van der Waals surface area contributed by atoms with Gasteiger partial charge >= 0.3 is 0 Å². The highest BCUT2D eigenvalue weighted by Gasteiger charge is 2.30. The van der Waals surface area contributed by atoms with Gasteiger partial charge in [0.05, 0.1) is 11.9 Å². The zero-order chi connectivity index (χ0) is 28.6. The van der Waals surface area contributed by atoms with Gasteiger partial charge in [-0.2, -0.15) is 0 Å². The van der Waals surface area contributed by atoms with Crippen LogP contribution in [0.4, 0.5) is 5.69 Å². The Kier molecular flexibility index (Phi) is 10.5. The summed E-state index contributed by atoms with van der Waals surface area (Å²) in [4.78, 5) is 28.1. The van der Waals surface area contributed by atoms with Crippen LogP contribution in [0.5, 0.6) is 11.5 Å². The summed E-state index contributed by atoms with van der Waals surface area (Å²) in [5, 5.41) is 2.92. The van der Waals surface area contributed by atoms with Crippen LogP contribution in [0.15, 0.2) is 83.3 Å². The largest absolute Gasteiger partial charge is 0.457 e. The summed E-state index contributed by atoms with van der Waals surface area (Å²) >= 11 is 3.44. The van der Waals surface area contributed by atoms with Crippen molar-refractivity contribution in [3.63, 3.8) is 0 Å². The van der Waals surface area contributed by atoms with E-state index in [1.165, 1.54) is 4.90 Å². The maximum atomic E-state index is 13.7. The number of anilines is 1. The van der Waals surface area contributed by atoms with Crippen LogP contribution in [0, 0.1) is 0 Å². The fourth-order valence-corrected chi connectivity index (χ4v) is 5.10. The van der Waals surface area contributed by atoms with Crippen molar-refractivity contribution in [3.8, 4) is 11.5 Å². The summed E-state index contributed by atoms with van der Waals surface area (Å²) < 4.78 is 33.3. The number of ether oxygens (including phenoxy) is 1. The smallest absolute Gasteiger partial charge is 0.244 e. The van der Waals surface area contributed by atoms with Crippen LogP contribution in [0.2, 0.25) is 0 Å². The second-order valence-corrected chi connectivity index (χ2v) is 12.1. The second-order valence-electron chi connectivity index (χ2n) is 9.32. The Morgan fingerprint density at radius 2 is 1.59 bits per heavy atom. The van der Waals surface area contributed by atoms with Crippen LogP contribution in [0.3, 0.4) is 0 Å². The van der Waals surface area contributed by atoms with Gasteiger partial charge in [-0.05, 0) is 74.4 Å². The van der Waals surface area contributed by atoms with E-state index in [0.717, 1.165) is 27.0 Å². The number of rotatable bonds is 12. The number of carbonyl (C=O) groups is 2. The number of sulfonamides is 1. The van der Waals surface area contributed by atoms with Crippen LogP contribution >= 0.6 is 15.9 Å². The average Bonchev–Trinajstić information content (AvgIpc) is 2.90. The normalized spacial score (nSPS) is 12.7. The van der Waals surface area contributed by atoms with E-state index in [1.54, 1.807) is 31.2 Å². The number of halogens is 1. The lowest BCUT2D eigenvalue weighted by molar-refractivity contribution is -0.139. The van der Waals surface area contributed by atoms with Crippen LogP contribution in [0.25, 0.3) is 0 Å². The zero-order valence-electron chi connectivity index (χ0n) is 22.5.